The minimum absolute atomic E-state index is 0.553. The third kappa shape index (κ3) is 2.46. The summed E-state index contributed by atoms with van der Waals surface area (Å²) in [6, 6.07) is 0.657. The van der Waals surface area contributed by atoms with Crippen LogP contribution in [0.25, 0.3) is 0 Å². The molecule has 0 radical (unpaired) electrons. The molecule has 2 heteroatoms. The predicted octanol–water partition coefficient (Wildman–Crippen LogP) is 2.00. The molecule has 64 valence electrons. The quantitative estimate of drug-likeness (QED) is 0.629. The third-order valence-electron chi connectivity index (χ3n) is 2.53. The molecule has 0 aromatic carbocycles. The molecule has 2 nitrogen and oxygen atoms in total. The molecule has 2 aliphatic carbocycles. The van der Waals surface area contributed by atoms with E-state index in [1.807, 2.05) is 0 Å². The first-order chi connectivity index (χ1) is 5.45. The molecule has 2 rings (SSSR count). The Morgan fingerprint density at radius 1 is 0.909 bits per heavy atom. The number of rotatable bonds is 3. The summed E-state index contributed by atoms with van der Waals surface area (Å²) in [5.41, 5.74) is 3.18. The summed E-state index contributed by atoms with van der Waals surface area (Å²) in [5, 5.41) is 0. The van der Waals surface area contributed by atoms with Gasteiger partial charge in [-0.25, -0.2) is 0 Å². The van der Waals surface area contributed by atoms with E-state index in [4.69, 9.17) is 4.84 Å². The predicted molar refractivity (Wildman–Crippen MR) is 44.1 cm³/mol. The van der Waals surface area contributed by atoms with Gasteiger partial charge in [-0.05, 0) is 25.7 Å². The zero-order chi connectivity index (χ0) is 7.52. The molecule has 0 atom stereocenters. The van der Waals surface area contributed by atoms with Crippen LogP contribution in [0.3, 0.4) is 0 Å². The van der Waals surface area contributed by atoms with Crippen LogP contribution in [0, 0.1) is 0 Å². The lowest BCUT2D eigenvalue weighted by atomic mass is 9.96. The first-order valence-electron chi connectivity index (χ1n) is 4.86. The number of nitrogens with one attached hydrogen (secondary N) is 1. The van der Waals surface area contributed by atoms with E-state index >= 15 is 0 Å². The highest BCUT2D eigenvalue weighted by Gasteiger charge is 2.24. The number of hydroxylamine groups is 1. The molecule has 0 saturated heterocycles. The van der Waals surface area contributed by atoms with Gasteiger partial charge in [0, 0.05) is 6.04 Å². The molecule has 0 aliphatic heterocycles. The first kappa shape index (κ1) is 7.56. The molecular weight excluding hydrogens is 138 g/mol. The maximum Gasteiger partial charge on any atom is 0.0792 e. The minimum atomic E-state index is 0.553. The van der Waals surface area contributed by atoms with Crippen molar-refractivity contribution < 1.29 is 4.84 Å². The van der Waals surface area contributed by atoms with E-state index in [0.29, 0.717) is 12.1 Å². The van der Waals surface area contributed by atoms with Gasteiger partial charge in [0.25, 0.3) is 0 Å². The van der Waals surface area contributed by atoms with Crippen LogP contribution in [-0.4, -0.2) is 12.1 Å². The molecule has 0 aromatic rings. The lowest BCUT2D eigenvalue weighted by Crippen LogP contribution is -2.31. The smallest absolute Gasteiger partial charge is 0.0792 e. The molecule has 0 spiro atoms. The highest BCUT2D eigenvalue weighted by atomic mass is 16.7. The average molecular weight is 155 g/mol. The molecule has 11 heavy (non-hydrogen) atoms. The fraction of sp³-hybridized carbons (Fsp3) is 1.00. The second kappa shape index (κ2) is 3.55. The van der Waals surface area contributed by atoms with Gasteiger partial charge in [0.05, 0.1) is 6.10 Å². The first-order valence-corrected chi connectivity index (χ1v) is 4.86. The summed E-state index contributed by atoms with van der Waals surface area (Å²) in [5.74, 6) is 0. The van der Waals surface area contributed by atoms with Crippen molar-refractivity contribution in [3.05, 3.63) is 0 Å². The van der Waals surface area contributed by atoms with Gasteiger partial charge in [-0.3, -0.25) is 4.84 Å². The van der Waals surface area contributed by atoms with Crippen LogP contribution < -0.4 is 5.48 Å². The van der Waals surface area contributed by atoms with Crippen molar-refractivity contribution in [3.63, 3.8) is 0 Å². The Morgan fingerprint density at radius 2 is 1.64 bits per heavy atom. The van der Waals surface area contributed by atoms with Crippen molar-refractivity contribution in [1.29, 1.82) is 0 Å². The largest absolute Gasteiger partial charge is 0.298 e. The third-order valence-corrected chi connectivity index (χ3v) is 2.53. The highest BCUT2D eigenvalue weighted by molar-refractivity contribution is 4.74. The van der Waals surface area contributed by atoms with Crippen LogP contribution >= 0.6 is 0 Å². The van der Waals surface area contributed by atoms with Crippen molar-refractivity contribution >= 4 is 0 Å². The van der Waals surface area contributed by atoms with E-state index in [1.54, 1.807) is 0 Å². The normalized spacial score (nSPS) is 27.3. The monoisotopic (exact) mass is 155 g/mol. The van der Waals surface area contributed by atoms with Crippen molar-refractivity contribution in [1.82, 2.24) is 5.48 Å². The summed E-state index contributed by atoms with van der Waals surface area (Å²) >= 11 is 0. The van der Waals surface area contributed by atoms with Gasteiger partial charge >= 0.3 is 0 Å². The zero-order valence-electron chi connectivity index (χ0n) is 7.01. The Balaban J connectivity index is 1.59. The maximum atomic E-state index is 5.44. The Labute approximate surface area is 68.3 Å². The molecule has 0 unspecified atom stereocenters. The molecule has 2 fully saturated rings. The van der Waals surface area contributed by atoms with E-state index in [1.165, 1.54) is 44.9 Å². The van der Waals surface area contributed by atoms with Gasteiger partial charge in [-0.15, -0.1) is 0 Å². The Morgan fingerprint density at radius 3 is 2.27 bits per heavy atom. The van der Waals surface area contributed by atoms with E-state index < -0.39 is 0 Å². The second-order valence-electron chi connectivity index (χ2n) is 3.77. The Kier molecular flexibility index (Phi) is 2.44. The van der Waals surface area contributed by atoms with E-state index in [-0.39, 0.29) is 0 Å². The Bertz CT molecular complexity index is 117. The lowest BCUT2D eigenvalue weighted by Gasteiger charge is -2.22. The van der Waals surface area contributed by atoms with Crippen molar-refractivity contribution in [3.8, 4) is 0 Å². The van der Waals surface area contributed by atoms with Crippen molar-refractivity contribution in [2.45, 2.75) is 57.1 Å². The minimum Gasteiger partial charge on any atom is -0.298 e. The fourth-order valence-corrected chi connectivity index (χ4v) is 1.60. The molecule has 0 bridgehead atoms. The van der Waals surface area contributed by atoms with E-state index in [9.17, 15) is 0 Å². The van der Waals surface area contributed by atoms with E-state index in [2.05, 4.69) is 5.48 Å². The molecule has 1 N–H and O–H groups in total. The van der Waals surface area contributed by atoms with Crippen LogP contribution in [0.4, 0.5) is 0 Å². The lowest BCUT2D eigenvalue weighted by molar-refractivity contribution is -0.00489. The van der Waals surface area contributed by atoms with Crippen LogP contribution in [0.15, 0.2) is 0 Å². The van der Waals surface area contributed by atoms with E-state index in [0.717, 1.165) is 0 Å². The van der Waals surface area contributed by atoms with Gasteiger partial charge in [-0.2, -0.15) is 5.48 Å². The van der Waals surface area contributed by atoms with Crippen LogP contribution in [-0.2, 0) is 4.84 Å². The summed E-state index contributed by atoms with van der Waals surface area (Å²) in [6.07, 6.45) is 9.88. The summed E-state index contributed by atoms with van der Waals surface area (Å²) in [6.45, 7) is 0. The van der Waals surface area contributed by atoms with Gasteiger partial charge in [0.2, 0.25) is 0 Å². The second-order valence-corrected chi connectivity index (χ2v) is 3.77. The maximum absolute atomic E-state index is 5.44. The molecule has 2 aliphatic rings. The zero-order valence-corrected chi connectivity index (χ0v) is 7.01. The number of hydrogen-bond acceptors (Lipinski definition) is 2. The number of hydrogen-bond donors (Lipinski definition) is 1. The van der Waals surface area contributed by atoms with Gasteiger partial charge < -0.3 is 0 Å². The average Bonchev–Trinajstić information content (AvgIpc) is 2.86. The molecule has 2 saturated carbocycles. The van der Waals surface area contributed by atoms with Crippen LogP contribution in [0.2, 0.25) is 0 Å². The Hall–Kier alpha value is -0.0800. The molecule has 0 amide bonds. The summed E-state index contributed by atoms with van der Waals surface area (Å²) in [4.78, 5) is 5.44. The SMILES string of the molecule is C1CCC(NOC2CC2)CC1. The van der Waals surface area contributed by atoms with Crippen LogP contribution in [0.5, 0.6) is 0 Å². The van der Waals surface area contributed by atoms with Crippen LogP contribution in [0.1, 0.15) is 44.9 Å². The van der Waals surface area contributed by atoms with Crippen molar-refractivity contribution in [2.24, 2.45) is 0 Å². The fourth-order valence-electron chi connectivity index (χ4n) is 1.60. The standard InChI is InChI=1S/C9H17NO/c1-2-4-8(5-3-1)10-11-9-6-7-9/h8-10H,1-7H2. The van der Waals surface area contributed by atoms with Gasteiger partial charge in [0.15, 0.2) is 0 Å². The topological polar surface area (TPSA) is 21.3 Å². The highest BCUT2D eigenvalue weighted by Crippen LogP contribution is 2.24. The molecule has 0 aromatic heterocycles. The van der Waals surface area contributed by atoms with Gasteiger partial charge in [-0.1, -0.05) is 19.3 Å². The molecular formula is C9H17NO. The summed E-state index contributed by atoms with van der Waals surface area (Å²) < 4.78 is 0. The van der Waals surface area contributed by atoms with Gasteiger partial charge in [0.1, 0.15) is 0 Å². The summed E-state index contributed by atoms with van der Waals surface area (Å²) in [7, 11) is 0. The molecule has 0 heterocycles. The van der Waals surface area contributed by atoms with Crippen molar-refractivity contribution in [2.75, 3.05) is 0 Å².